The Morgan fingerprint density at radius 2 is 2.06 bits per heavy atom. The molecule has 1 unspecified atom stereocenters. The highest BCUT2D eigenvalue weighted by Crippen LogP contribution is 2.02. The summed E-state index contributed by atoms with van der Waals surface area (Å²) in [5.74, 6) is -0.333. The zero-order chi connectivity index (χ0) is 12.8. The predicted octanol–water partition coefficient (Wildman–Crippen LogP) is 0.953. The molecule has 0 fully saturated rings. The third-order valence-electron chi connectivity index (χ3n) is 2.25. The molecule has 0 aromatic heterocycles. The minimum atomic E-state index is -0.333. The number of likely N-dealkylation sites (N-methyl/N-ethyl adjacent to an activating group) is 1. The van der Waals surface area contributed by atoms with Gasteiger partial charge in [-0.15, -0.1) is 0 Å². The van der Waals surface area contributed by atoms with Crippen LogP contribution in [-0.2, 0) is 9.53 Å². The van der Waals surface area contributed by atoms with Gasteiger partial charge in [0, 0.05) is 12.0 Å². The van der Waals surface area contributed by atoms with Crippen LogP contribution in [0.5, 0.6) is 0 Å². The maximum atomic E-state index is 11.1. The summed E-state index contributed by atoms with van der Waals surface area (Å²) in [5, 5.41) is 9.29. The summed E-state index contributed by atoms with van der Waals surface area (Å²) in [5.41, 5.74) is 0.428. The second-order valence-corrected chi connectivity index (χ2v) is 4.96. The number of aliphatic hydroxyl groups is 1. The maximum absolute atomic E-state index is 11.1. The van der Waals surface area contributed by atoms with Gasteiger partial charge in [-0.05, 0) is 13.8 Å². The lowest BCUT2D eigenvalue weighted by atomic mass is 10.3. The average molecular weight is 230 g/mol. The molecule has 0 saturated carbocycles. The lowest BCUT2D eigenvalue weighted by Crippen LogP contribution is -2.45. The Bertz CT molecular complexity index is 247. The number of carbonyl (C=O) groups excluding carboxylic acids is 1. The quantitative estimate of drug-likeness (QED) is 0.306. The monoisotopic (exact) mass is 230 g/mol. The van der Waals surface area contributed by atoms with E-state index in [9.17, 15) is 9.90 Å². The van der Waals surface area contributed by atoms with E-state index in [4.69, 9.17) is 4.74 Å². The molecule has 0 spiro atoms. The Balaban J connectivity index is 3.73. The van der Waals surface area contributed by atoms with E-state index in [1.807, 2.05) is 14.1 Å². The summed E-state index contributed by atoms with van der Waals surface area (Å²) >= 11 is 0. The lowest BCUT2D eigenvalue weighted by Gasteiger charge is -2.30. The minimum Gasteiger partial charge on any atom is -0.462 e. The summed E-state index contributed by atoms with van der Waals surface area (Å²) < 4.78 is 5.72. The Morgan fingerprint density at radius 1 is 1.50 bits per heavy atom. The van der Waals surface area contributed by atoms with Gasteiger partial charge in [-0.3, -0.25) is 0 Å². The molecule has 0 bridgehead atoms. The molecule has 0 aliphatic rings. The van der Waals surface area contributed by atoms with E-state index in [0.717, 1.165) is 17.4 Å². The molecule has 0 rings (SSSR count). The molecule has 0 amide bonds. The number of esters is 1. The second-order valence-electron chi connectivity index (χ2n) is 4.96. The third-order valence-corrected chi connectivity index (χ3v) is 2.25. The van der Waals surface area contributed by atoms with Crippen LogP contribution in [0.2, 0.25) is 0 Å². The first-order valence-corrected chi connectivity index (χ1v) is 5.57. The van der Waals surface area contributed by atoms with Crippen molar-refractivity contribution in [2.45, 2.75) is 26.4 Å². The summed E-state index contributed by atoms with van der Waals surface area (Å²) in [4.78, 5) is 11.1. The molecule has 4 nitrogen and oxygen atoms in total. The second kappa shape index (κ2) is 6.66. The van der Waals surface area contributed by atoms with Crippen molar-refractivity contribution in [2.75, 3.05) is 33.8 Å². The van der Waals surface area contributed by atoms with Crippen molar-refractivity contribution in [2.24, 2.45) is 0 Å². The molecule has 0 aromatic carbocycles. The summed E-state index contributed by atoms with van der Waals surface area (Å²) in [6, 6.07) is 0. The first kappa shape index (κ1) is 15.1. The molecule has 0 heterocycles. The molecule has 4 heteroatoms. The molecular weight excluding hydrogens is 206 g/mol. The summed E-state index contributed by atoms with van der Waals surface area (Å²) in [6.45, 7) is 8.91. The van der Waals surface area contributed by atoms with Crippen molar-refractivity contribution < 1.29 is 19.1 Å². The van der Waals surface area contributed by atoms with Gasteiger partial charge in [-0.25, -0.2) is 4.79 Å². The molecule has 1 N–H and O–H groups in total. The van der Waals surface area contributed by atoms with Gasteiger partial charge in [0.2, 0.25) is 0 Å². The average Bonchev–Trinajstić information content (AvgIpc) is 2.09. The van der Waals surface area contributed by atoms with Gasteiger partial charge in [0.25, 0.3) is 0 Å². The van der Waals surface area contributed by atoms with Gasteiger partial charge in [0.05, 0.1) is 27.2 Å². The van der Waals surface area contributed by atoms with Crippen molar-refractivity contribution in [1.29, 1.82) is 0 Å². The van der Waals surface area contributed by atoms with E-state index in [0.29, 0.717) is 18.7 Å². The highest BCUT2D eigenvalue weighted by Gasteiger charge is 2.17. The first-order valence-electron chi connectivity index (χ1n) is 5.57. The van der Waals surface area contributed by atoms with E-state index < -0.39 is 0 Å². The van der Waals surface area contributed by atoms with Crippen molar-refractivity contribution in [3.8, 4) is 0 Å². The van der Waals surface area contributed by atoms with Crippen LogP contribution in [0, 0.1) is 0 Å². The van der Waals surface area contributed by atoms with Crippen LogP contribution in [0.15, 0.2) is 12.2 Å². The van der Waals surface area contributed by atoms with Gasteiger partial charge < -0.3 is 14.3 Å². The Labute approximate surface area is 98.1 Å². The smallest absolute Gasteiger partial charge is 0.333 e. The molecule has 16 heavy (non-hydrogen) atoms. The predicted molar refractivity (Wildman–Crippen MR) is 63.9 cm³/mol. The van der Waals surface area contributed by atoms with Gasteiger partial charge in [0.15, 0.2) is 0 Å². The van der Waals surface area contributed by atoms with E-state index in [2.05, 4.69) is 6.58 Å². The highest BCUT2D eigenvalue weighted by atomic mass is 16.5. The normalized spacial score (nSPS) is 13.3. The molecule has 0 radical (unpaired) electrons. The molecule has 0 aliphatic carbocycles. The number of nitrogens with zero attached hydrogens (tertiary/aromatic N) is 1. The zero-order valence-electron chi connectivity index (χ0n) is 10.8. The molecule has 0 aromatic rings. The number of aliphatic hydroxyl groups excluding tert-OH is 1. The lowest BCUT2D eigenvalue weighted by molar-refractivity contribution is -0.893. The SMILES string of the molecule is C=C(C)C(=O)OCCC[N+](C)(C)CC(C)O. The van der Waals surface area contributed by atoms with E-state index >= 15 is 0 Å². The van der Waals surface area contributed by atoms with Crippen molar-refractivity contribution in [3.63, 3.8) is 0 Å². The van der Waals surface area contributed by atoms with Crippen LogP contribution < -0.4 is 0 Å². The number of carbonyl (C=O) groups is 1. The standard InChI is InChI=1S/C12H24NO3/c1-10(2)12(15)16-8-6-7-13(4,5)9-11(3)14/h11,14H,1,6-9H2,2-5H3/q+1. The van der Waals surface area contributed by atoms with Crippen LogP contribution in [0.3, 0.4) is 0 Å². The third kappa shape index (κ3) is 7.43. The van der Waals surface area contributed by atoms with Gasteiger partial charge in [0.1, 0.15) is 12.6 Å². The van der Waals surface area contributed by atoms with Crippen LogP contribution in [0.4, 0.5) is 0 Å². The number of quaternary nitrogens is 1. The van der Waals surface area contributed by atoms with Crippen molar-refractivity contribution in [1.82, 2.24) is 0 Å². The van der Waals surface area contributed by atoms with Crippen LogP contribution in [0.25, 0.3) is 0 Å². The summed E-state index contributed by atoms with van der Waals surface area (Å²) in [6.07, 6.45) is 0.478. The van der Waals surface area contributed by atoms with E-state index in [1.165, 1.54) is 0 Å². The minimum absolute atomic E-state index is 0.312. The van der Waals surface area contributed by atoms with Crippen molar-refractivity contribution in [3.05, 3.63) is 12.2 Å². The van der Waals surface area contributed by atoms with E-state index in [1.54, 1.807) is 13.8 Å². The number of ether oxygens (including phenoxy) is 1. The molecule has 0 aliphatic heterocycles. The summed E-state index contributed by atoms with van der Waals surface area (Å²) in [7, 11) is 4.10. The van der Waals surface area contributed by atoms with E-state index in [-0.39, 0.29) is 12.1 Å². The van der Waals surface area contributed by atoms with Gasteiger partial charge >= 0.3 is 5.97 Å². The van der Waals surface area contributed by atoms with Gasteiger partial charge in [-0.2, -0.15) is 0 Å². The fourth-order valence-electron chi connectivity index (χ4n) is 1.59. The fourth-order valence-corrected chi connectivity index (χ4v) is 1.59. The molecule has 94 valence electrons. The number of hydrogen-bond acceptors (Lipinski definition) is 3. The number of rotatable bonds is 7. The number of hydrogen-bond donors (Lipinski definition) is 1. The van der Waals surface area contributed by atoms with Crippen LogP contribution in [0.1, 0.15) is 20.3 Å². The van der Waals surface area contributed by atoms with Gasteiger partial charge in [-0.1, -0.05) is 6.58 Å². The molecule has 0 saturated heterocycles. The first-order chi connectivity index (χ1) is 7.24. The molecular formula is C12H24NO3+. The van der Waals surface area contributed by atoms with Crippen LogP contribution >= 0.6 is 0 Å². The fraction of sp³-hybridized carbons (Fsp3) is 0.750. The zero-order valence-corrected chi connectivity index (χ0v) is 10.8. The Hall–Kier alpha value is -0.870. The largest absolute Gasteiger partial charge is 0.462 e. The topological polar surface area (TPSA) is 46.5 Å². The van der Waals surface area contributed by atoms with Crippen molar-refractivity contribution >= 4 is 5.97 Å². The highest BCUT2D eigenvalue weighted by molar-refractivity contribution is 5.86. The molecule has 1 atom stereocenters. The Morgan fingerprint density at radius 3 is 2.50 bits per heavy atom. The maximum Gasteiger partial charge on any atom is 0.333 e. The van der Waals surface area contributed by atoms with Crippen LogP contribution in [-0.4, -0.2) is 55.5 Å². The Kier molecular flexibility index (Phi) is 6.29.